The van der Waals surface area contributed by atoms with Gasteiger partial charge in [0, 0.05) is 12.8 Å². The van der Waals surface area contributed by atoms with Crippen LogP contribution in [0.15, 0.2) is 72.9 Å². The Hall–Kier alpha value is -2.55. The second-order valence-electron chi connectivity index (χ2n) is 16.2. The minimum absolute atomic E-state index is 0.0618. The summed E-state index contributed by atoms with van der Waals surface area (Å²) >= 11 is 0. The molecule has 3 N–H and O–H groups in total. The van der Waals surface area contributed by atoms with Gasteiger partial charge in [0.2, 0.25) is 0 Å². The van der Waals surface area contributed by atoms with Gasteiger partial charge >= 0.3 is 19.8 Å². The van der Waals surface area contributed by atoms with Gasteiger partial charge in [-0.3, -0.25) is 14.1 Å². The first-order valence-corrected chi connectivity index (χ1v) is 25.3. The molecule has 0 spiro atoms. The Morgan fingerprint density at radius 1 is 0.583 bits per heavy atom. The summed E-state index contributed by atoms with van der Waals surface area (Å²) in [4.78, 5) is 43.0. The van der Waals surface area contributed by atoms with Gasteiger partial charge in [-0.2, -0.15) is 0 Å². The Balaban J connectivity index is 4.00. The molecule has 346 valence electrons. The van der Waals surface area contributed by atoms with Crippen LogP contribution in [0.1, 0.15) is 201 Å². The number of rotatable bonds is 42. The number of unbranched alkanes of at least 4 members (excludes halogenated alkanes) is 17. The summed E-state index contributed by atoms with van der Waals surface area (Å²) in [6, 6.07) is 0. The number of aliphatic hydroxyl groups excluding tert-OH is 1. The van der Waals surface area contributed by atoms with Crippen molar-refractivity contribution in [1.29, 1.82) is 0 Å². The largest absolute Gasteiger partial charge is 0.469 e. The number of aliphatic hydroxyl groups is 1. The molecule has 9 nitrogen and oxygen atoms in total. The van der Waals surface area contributed by atoms with Crippen molar-refractivity contribution < 1.29 is 43.0 Å². The quantitative estimate of drug-likeness (QED) is 0.0180. The molecule has 0 aliphatic carbocycles. The van der Waals surface area contributed by atoms with E-state index in [0.717, 1.165) is 44.4 Å². The maximum atomic E-state index is 12.4. The summed E-state index contributed by atoms with van der Waals surface area (Å²) in [5.74, 6) is -0.116. The second kappa shape index (κ2) is 43.1. The van der Waals surface area contributed by atoms with Gasteiger partial charge in [0.15, 0.2) is 6.10 Å². The first kappa shape index (κ1) is 57.4. The first-order valence-electron chi connectivity index (χ1n) is 23.7. The molecule has 0 aliphatic heterocycles. The number of phosphoric acid groups is 1. The summed E-state index contributed by atoms with van der Waals surface area (Å²) in [6.07, 6.45) is 52.4. The number of esters is 2. The van der Waals surface area contributed by atoms with Crippen LogP contribution in [0, 0.1) is 5.92 Å². The number of carbonyl (C=O) groups excluding carboxylic acids is 2. The van der Waals surface area contributed by atoms with Crippen LogP contribution in [-0.4, -0.2) is 52.3 Å². The maximum absolute atomic E-state index is 12.4. The Kier molecular flexibility index (Phi) is 41.3. The van der Waals surface area contributed by atoms with Crippen molar-refractivity contribution in [3.8, 4) is 0 Å². The third kappa shape index (κ3) is 45.0. The van der Waals surface area contributed by atoms with Gasteiger partial charge < -0.3 is 24.4 Å². The van der Waals surface area contributed by atoms with E-state index in [2.05, 4.69) is 43.5 Å². The molecule has 0 saturated carbocycles. The van der Waals surface area contributed by atoms with Crippen LogP contribution in [0.25, 0.3) is 0 Å². The number of ether oxygens (including phenoxy) is 2. The molecule has 0 aliphatic rings. The maximum Gasteiger partial charge on any atom is 0.469 e. The minimum atomic E-state index is -4.79. The van der Waals surface area contributed by atoms with Gasteiger partial charge in [-0.15, -0.1) is 0 Å². The summed E-state index contributed by atoms with van der Waals surface area (Å²) in [5.41, 5.74) is 0. The predicted octanol–water partition coefficient (Wildman–Crippen LogP) is 13.8. The van der Waals surface area contributed by atoms with Crippen molar-refractivity contribution in [2.24, 2.45) is 5.92 Å². The Bertz CT molecular complexity index is 1230. The van der Waals surface area contributed by atoms with Crippen LogP contribution in [0.3, 0.4) is 0 Å². The summed E-state index contributed by atoms with van der Waals surface area (Å²) in [5, 5.41) is 9.99. The fraction of sp³-hybridized carbons (Fsp3) is 0.720. The van der Waals surface area contributed by atoms with Crippen molar-refractivity contribution in [3.05, 3.63) is 72.9 Å². The SMILES string of the molecule is CC/C=C\C/C=C\CC(O)/C=C/C=C\C/C=C\C/C=C\CCC(=O)O[C@H](COC(=O)CCCCCCCCCCCCCCCCCCCCC(C)CC)COP(=O)(O)O. The average molecular weight is 863 g/mol. The molecule has 0 bridgehead atoms. The molecule has 3 atom stereocenters. The first-order chi connectivity index (χ1) is 29.1. The average Bonchev–Trinajstić information content (AvgIpc) is 3.22. The Morgan fingerprint density at radius 2 is 1.08 bits per heavy atom. The molecule has 0 amide bonds. The molecular weight excluding hydrogens is 776 g/mol. The highest BCUT2D eigenvalue weighted by Crippen LogP contribution is 2.36. The molecule has 60 heavy (non-hydrogen) atoms. The monoisotopic (exact) mass is 863 g/mol. The molecule has 2 unspecified atom stereocenters. The second-order valence-corrected chi connectivity index (χ2v) is 17.4. The van der Waals surface area contributed by atoms with E-state index in [0.29, 0.717) is 25.7 Å². The summed E-state index contributed by atoms with van der Waals surface area (Å²) in [6.45, 7) is 5.85. The number of hydrogen-bond acceptors (Lipinski definition) is 7. The Labute approximate surface area is 366 Å². The van der Waals surface area contributed by atoms with Gasteiger partial charge in [0.1, 0.15) is 6.61 Å². The molecule has 0 radical (unpaired) electrons. The molecular formula is C50H87O9P. The van der Waals surface area contributed by atoms with E-state index < -0.39 is 38.6 Å². The van der Waals surface area contributed by atoms with Crippen molar-refractivity contribution in [1.82, 2.24) is 0 Å². The number of carbonyl (C=O) groups is 2. The third-order valence-electron chi connectivity index (χ3n) is 10.4. The van der Waals surface area contributed by atoms with Crippen LogP contribution in [0.5, 0.6) is 0 Å². The third-order valence-corrected chi connectivity index (χ3v) is 10.9. The van der Waals surface area contributed by atoms with E-state index in [9.17, 15) is 19.3 Å². The summed E-state index contributed by atoms with van der Waals surface area (Å²) < 4.78 is 26.4. The topological polar surface area (TPSA) is 140 Å². The van der Waals surface area contributed by atoms with Gasteiger partial charge in [-0.05, 0) is 50.9 Å². The van der Waals surface area contributed by atoms with Gasteiger partial charge in [0.05, 0.1) is 12.7 Å². The molecule has 0 fully saturated rings. The van der Waals surface area contributed by atoms with Crippen molar-refractivity contribution in [2.75, 3.05) is 13.2 Å². The van der Waals surface area contributed by atoms with E-state index in [1.807, 2.05) is 48.6 Å². The zero-order chi connectivity index (χ0) is 44.2. The lowest BCUT2D eigenvalue weighted by Gasteiger charge is -2.18. The van der Waals surface area contributed by atoms with Crippen LogP contribution in [-0.2, 0) is 28.2 Å². The molecule has 0 aromatic heterocycles. The lowest BCUT2D eigenvalue weighted by atomic mass is 9.99. The van der Waals surface area contributed by atoms with Crippen LogP contribution in [0.4, 0.5) is 0 Å². The number of hydrogen-bond donors (Lipinski definition) is 3. The zero-order valence-electron chi connectivity index (χ0n) is 38.1. The smallest absolute Gasteiger partial charge is 0.462 e. The van der Waals surface area contributed by atoms with Crippen molar-refractivity contribution in [3.63, 3.8) is 0 Å². The molecule has 0 aromatic rings. The number of allylic oxidation sites excluding steroid dienone is 10. The van der Waals surface area contributed by atoms with Crippen LogP contribution in [0.2, 0.25) is 0 Å². The van der Waals surface area contributed by atoms with E-state index >= 15 is 0 Å². The normalized spacial score (nSPS) is 14.2. The minimum Gasteiger partial charge on any atom is -0.462 e. The van der Waals surface area contributed by atoms with Gasteiger partial charge in [-0.25, -0.2) is 4.57 Å². The molecule has 0 aromatic carbocycles. The standard InChI is InChI=1S/C50H87O9P/c1-4-6-7-8-30-35-40-47(51)41-36-31-26-22-19-20-24-28-33-38-43-50(53)59-48(45-58-60(54,55)56)44-57-49(52)42-37-32-27-23-18-16-14-12-10-9-11-13-15-17-21-25-29-34-39-46(3)5-2/h6-7,19-20,26,28,30-31,33,35-36,41,46-48,51H,4-5,8-18,21-25,27,29,32,34,37-40,42-45H2,1-3H3,(H2,54,55,56)/b7-6-,20-19-,31-26-,33-28-,35-30-,41-36+/t46?,47?,48-/m1/s1. The highest BCUT2D eigenvalue weighted by atomic mass is 31.2. The Morgan fingerprint density at radius 3 is 1.63 bits per heavy atom. The molecule has 0 heterocycles. The highest BCUT2D eigenvalue weighted by molar-refractivity contribution is 7.46. The lowest BCUT2D eigenvalue weighted by molar-refractivity contribution is -0.161. The van der Waals surface area contributed by atoms with Crippen molar-refractivity contribution in [2.45, 2.75) is 213 Å². The van der Waals surface area contributed by atoms with Gasteiger partial charge in [0.25, 0.3) is 0 Å². The molecule has 0 rings (SSSR count). The fourth-order valence-corrected chi connectivity index (χ4v) is 6.82. The molecule has 10 heteroatoms. The van der Waals surface area contributed by atoms with E-state index in [1.165, 1.54) is 103 Å². The fourth-order valence-electron chi connectivity index (χ4n) is 6.46. The zero-order valence-corrected chi connectivity index (χ0v) is 39.0. The van der Waals surface area contributed by atoms with Crippen molar-refractivity contribution >= 4 is 19.8 Å². The number of phosphoric ester groups is 1. The van der Waals surface area contributed by atoms with Crippen LogP contribution >= 0.6 is 7.82 Å². The van der Waals surface area contributed by atoms with E-state index in [4.69, 9.17) is 19.3 Å². The van der Waals surface area contributed by atoms with E-state index in [-0.39, 0.29) is 19.4 Å². The lowest BCUT2D eigenvalue weighted by Crippen LogP contribution is -2.29. The summed E-state index contributed by atoms with van der Waals surface area (Å²) in [7, 11) is -4.79. The van der Waals surface area contributed by atoms with Gasteiger partial charge in [-0.1, -0.05) is 216 Å². The molecule has 0 saturated heterocycles. The van der Waals surface area contributed by atoms with E-state index in [1.54, 1.807) is 6.08 Å². The highest BCUT2D eigenvalue weighted by Gasteiger charge is 2.22. The predicted molar refractivity (Wildman–Crippen MR) is 249 cm³/mol. The van der Waals surface area contributed by atoms with Crippen LogP contribution < -0.4 is 0 Å².